The van der Waals surface area contributed by atoms with E-state index in [1.54, 1.807) is 24.3 Å². The normalized spacial score (nSPS) is 15.8. The summed E-state index contributed by atoms with van der Waals surface area (Å²) in [6.45, 7) is 11.5. The minimum absolute atomic E-state index is 0. The standard InChI is InChI=1S/C62H68F12N8O6P.2ClH/c1-39-15-11-13-17-47(39)49-33-53(75-35-51(49)77(7)55(83)57(3,4)41-27-43(59(63,64)65)31-44(28-41)60(66,67)68)79-19-23-81(9,24-20-79)37-87-89(85,86)88-38-82(10)25-21-80(22-26-82)54-34-50(48-18-14-12-16-40(48)2)52(36-76-54)78(8)56(84)58(5,6)42-29-45(61(69,70)71)32-46(30-42)62(72,73)74;;/h11-18,27-36H,19-26,37-38H2,1-10H3;2*1H/q+1;;/p-1. The van der Waals surface area contributed by atoms with E-state index in [4.69, 9.17) is 9.05 Å². The number of carbonyl (C=O) groups is 2. The third-order valence-electron chi connectivity index (χ3n) is 17.0. The van der Waals surface area contributed by atoms with Crippen LogP contribution in [0.5, 0.6) is 0 Å². The lowest BCUT2D eigenvalue weighted by atomic mass is 9.81. The number of carbonyl (C=O) groups excluding carboxylic acids is 2. The first-order valence-electron chi connectivity index (χ1n) is 28.1. The van der Waals surface area contributed by atoms with E-state index in [1.807, 2.05) is 74.1 Å². The van der Waals surface area contributed by atoms with E-state index in [0.717, 1.165) is 11.1 Å². The number of piperazine rings is 2. The molecule has 0 unspecified atom stereocenters. The molecule has 0 spiro atoms. The summed E-state index contributed by atoms with van der Waals surface area (Å²) in [5.74, 6) is -0.612. The fourth-order valence-electron chi connectivity index (χ4n) is 10.9. The number of phosphoric ester groups is 1. The Morgan fingerprint density at radius 1 is 0.505 bits per heavy atom. The molecule has 0 aliphatic carbocycles. The zero-order valence-electron chi connectivity index (χ0n) is 51.3. The molecule has 2 amide bonds. The van der Waals surface area contributed by atoms with Gasteiger partial charge in [-0.1, -0.05) is 48.5 Å². The second-order valence-corrected chi connectivity index (χ2v) is 25.9. The van der Waals surface area contributed by atoms with Crippen LogP contribution in [-0.2, 0) is 58.7 Å². The second-order valence-electron chi connectivity index (χ2n) is 24.4. The molecule has 14 nitrogen and oxygen atoms in total. The molecular formula is C62H69Cl2F12N8O6P. The smallest absolute Gasteiger partial charge is 0.481 e. The van der Waals surface area contributed by atoms with Crippen molar-refractivity contribution in [2.75, 3.05) is 114 Å². The molecule has 496 valence electrons. The zero-order chi connectivity index (χ0) is 65.8. The van der Waals surface area contributed by atoms with Crippen molar-refractivity contribution in [2.24, 2.45) is 0 Å². The summed E-state index contributed by atoms with van der Waals surface area (Å²) < 4.78 is 192. The minimum atomic E-state index is -5.13. The van der Waals surface area contributed by atoms with E-state index in [1.165, 1.54) is 64.0 Å². The van der Waals surface area contributed by atoms with Crippen molar-refractivity contribution >= 4 is 42.6 Å². The number of nitrogens with zero attached hydrogens (tertiary/aromatic N) is 8. The molecule has 91 heavy (non-hydrogen) atoms. The number of quaternary nitrogens is 2. The van der Waals surface area contributed by atoms with Crippen molar-refractivity contribution < 1.29 is 115 Å². The molecular weight excluding hydrogens is 1280 g/mol. The van der Waals surface area contributed by atoms with Gasteiger partial charge in [0.15, 0.2) is 13.5 Å². The van der Waals surface area contributed by atoms with Crippen LogP contribution in [-0.4, -0.2) is 130 Å². The Kier molecular flexibility index (Phi) is 21.7. The average Bonchev–Trinajstić information content (AvgIpc) is 0.878. The van der Waals surface area contributed by atoms with Gasteiger partial charge in [0, 0.05) is 25.2 Å². The van der Waals surface area contributed by atoms with Gasteiger partial charge in [0.1, 0.15) is 11.6 Å². The predicted molar refractivity (Wildman–Crippen MR) is 313 cm³/mol. The van der Waals surface area contributed by atoms with Crippen LogP contribution in [0.1, 0.15) is 72.2 Å². The van der Waals surface area contributed by atoms with Crippen molar-refractivity contribution in [1.82, 2.24) is 9.97 Å². The first-order valence-corrected chi connectivity index (χ1v) is 29.6. The number of hydrogen-bond acceptors (Lipinski definition) is 9. The Hall–Kier alpha value is -6.51. The minimum Gasteiger partial charge on any atom is -1.00 e. The van der Waals surface area contributed by atoms with Gasteiger partial charge in [0.05, 0.1) is 123 Å². The summed E-state index contributed by atoms with van der Waals surface area (Å²) in [7, 11) is 1.81. The quantitative estimate of drug-likeness (QED) is 0.0586. The molecule has 0 bridgehead atoms. The summed E-state index contributed by atoms with van der Waals surface area (Å²) in [5, 5.41) is 0. The number of anilines is 4. The average molecular weight is 1350 g/mol. The van der Waals surface area contributed by atoms with Gasteiger partial charge < -0.3 is 58.3 Å². The molecule has 4 aromatic carbocycles. The van der Waals surface area contributed by atoms with E-state index >= 15 is 0 Å². The van der Waals surface area contributed by atoms with E-state index in [0.29, 0.717) is 111 Å². The van der Waals surface area contributed by atoms with Crippen LogP contribution >= 0.6 is 7.82 Å². The number of benzene rings is 4. The summed E-state index contributed by atoms with van der Waals surface area (Å²) in [6, 6.07) is 20.2. The third kappa shape index (κ3) is 16.5. The summed E-state index contributed by atoms with van der Waals surface area (Å²) >= 11 is 0. The third-order valence-corrected chi connectivity index (χ3v) is 17.9. The monoisotopic (exact) mass is 1350 g/mol. The maximum atomic E-state index is 14.3. The van der Waals surface area contributed by atoms with Gasteiger partial charge in [-0.15, -0.1) is 0 Å². The lowest BCUT2D eigenvalue weighted by Gasteiger charge is -2.43. The molecule has 2 fully saturated rings. The highest BCUT2D eigenvalue weighted by Gasteiger charge is 2.45. The van der Waals surface area contributed by atoms with Crippen molar-refractivity contribution in [3.8, 4) is 22.3 Å². The van der Waals surface area contributed by atoms with Crippen LogP contribution in [0, 0.1) is 13.8 Å². The molecule has 2 saturated heterocycles. The number of aryl methyl sites for hydroxylation is 2. The van der Waals surface area contributed by atoms with Gasteiger partial charge in [-0.25, -0.2) is 23.6 Å². The van der Waals surface area contributed by atoms with Gasteiger partial charge in [-0.3, -0.25) is 9.59 Å². The maximum Gasteiger partial charge on any atom is 0.481 e. The van der Waals surface area contributed by atoms with Gasteiger partial charge in [0.25, 0.3) is 0 Å². The summed E-state index contributed by atoms with van der Waals surface area (Å²) in [5.41, 5.74) is -6.45. The second kappa shape index (κ2) is 26.8. The topological polar surface area (TPSA) is 129 Å². The molecule has 2 aliphatic rings. The van der Waals surface area contributed by atoms with Crippen LogP contribution in [0.25, 0.3) is 22.3 Å². The van der Waals surface area contributed by atoms with Crippen molar-refractivity contribution in [3.63, 3.8) is 0 Å². The number of halogens is 14. The van der Waals surface area contributed by atoms with E-state index in [9.17, 15) is 71.7 Å². The lowest BCUT2D eigenvalue weighted by Crippen LogP contribution is -3.00. The number of pyridine rings is 2. The largest absolute Gasteiger partial charge is 1.00 e. The van der Waals surface area contributed by atoms with Gasteiger partial charge >= 0.3 is 32.5 Å². The highest BCUT2D eigenvalue weighted by molar-refractivity contribution is 7.47. The highest BCUT2D eigenvalue weighted by Crippen LogP contribution is 2.47. The van der Waals surface area contributed by atoms with Crippen molar-refractivity contribution in [3.05, 3.63) is 154 Å². The number of likely N-dealkylation sites (N-methyl/N-ethyl adjacent to an activating group) is 4. The van der Waals surface area contributed by atoms with Crippen LogP contribution in [0.4, 0.5) is 75.7 Å². The highest BCUT2D eigenvalue weighted by atomic mass is 35.5. The fraction of sp³-hybridized carbons (Fsp3) is 0.419. The zero-order valence-corrected chi connectivity index (χ0v) is 53.7. The Morgan fingerprint density at radius 2 is 0.780 bits per heavy atom. The SMILES string of the molecule is Cc1ccccc1-c1cc(N2CC[N+](C)(COP(=O)(O)OC[N+]3(C)CCN(c4cc(-c5ccccc5C)c(N(C)C(=O)C(C)(C)c5cc(C(F)(F)F)cc(C(F)(F)F)c5)cn4)CC3)CC2)ncc1N(C)C(=O)C(C)(C)c1cc(C(F)(F)F)cc(C(F)(F)F)c1.[Cl-].[Cl-]. The lowest BCUT2D eigenvalue weighted by molar-refractivity contribution is -0.928. The van der Waals surface area contributed by atoms with Gasteiger partial charge in [-0.2, -0.15) is 52.7 Å². The van der Waals surface area contributed by atoms with Crippen LogP contribution in [0.3, 0.4) is 0 Å². The van der Waals surface area contributed by atoms with Crippen LogP contribution in [0.15, 0.2) is 109 Å². The number of aromatic nitrogens is 2. The number of phosphoric acid groups is 1. The first kappa shape index (κ1) is 73.5. The fourth-order valence-corrected chi connectivity index (χ4v) is 11.9. The molecule has 0 atom stereocenters. The van der Waals surface area contributed by atoms with Gasteiger partial charge in [-0.05, 0) is 123 Å². The number of hydrogen-bond donors (Lipinski definition) is 1. The first-order chi connectivity index (χ1) is 41.0. The molecule has 6 aromatic rings. The van der Waals surface area contributed by atoms with Crippen molar-refractivity contribution in [2.45, 2.75) is 77.1 Å². The Bertz CT molecular complexity index is 3390. The van der Waals surface area contributed by atoms with E-state index in [-0.39, 0.29) is 70.7 Å². The van der Waals surface area contributed by atoms with Gasteiger partial charge in [0.2, 0.25) is 11.8 Å². The summed E-state index contributed by atoms with van der Waals surface area (Å²) in [4.78, 5) is 55.4. The van der Waals surface area contributed by atoms with Crippen LogP contribution in [0.2, 0.25) is 0 Å². The Labute approximate surface area is 532 Å². The molecule has 2 aliphatic heterocycles. The van der Waals surface area contributed by atoms with Crippen molar-refractivity contribution in [1.29, 1.82) is 0 Å². The van der Waals surface area contributed by atoms with Crippen LogP contribution < -0.4 is 44.4 Å². The molecule has 0 radical (unpaired) electrons. The molecule has 2 aromatic heterocycles. The molecule has 29 heteroatoms. The number of alkyl halides is 12. The molecule has 0 saturated carbocycles. The number of rotatable bonds is 16. The molecule has 1 N–H and O–H groups in total. The maximum absolute atomic E-state index is 14.3. The summed E-state index contributed by atoms with van der Waals surface area (Å²) in [6.07, 6.45) is -17.7. The predicted octanol–water partition coefficient (Wildman–Crippen LogP) is 7.67. The van der Waals surface area contributed by atoms with E-state index < -0.39 is 88.6 Å². The molecule has 4 heterocycles. The number of amides is 2. The molecule has 8 rings (SSSR count). The van der Waals surface area contributed by atoms with E-state index in [2.05, 4.69) is 9.97 Å². The Morgan fingerprint density at radius 3 is 1.05 bits per heavy atom. The Balaban J connectivity index is 0.00000658.